The quantitative estimate of drug-likeness (QED) is 0.661. The van der Waals surface area contributed by atoms with Crippen molar-refractivity contribution >= 4 is 28.6 Å². The Morgan fingerprint density at radius 1 is 1.12 bits per heavy atom. The molecule has 3 aromatic rings. The summed E-state index contributed by atoms with van der Waals surface area (Å²) in [5.74, 6) is 1.04. The van der Waals surface area contributed by atoms with Crippen molar-refractivity contribution in [1.82, 2.24) is 4.98 Å². The van der Waals surface area contributed by atoms with E-state index in [9.17, 15) is 9.90 Å². The van der Waals surface area contributed by atoms with Gasteiger partial charge in [-0.3, -0.25) is 0 Å². The van der Waals surface area contributed by atoms with Gasteiger partial charge in [0.25, 0.3) is 0 Å². The molecule has 0 atom stereocenters. The van der Waals surface area contributed by atoms with Crippen LogP contribution >= 0.6 is 11.8 Å². The Kier molecular flexibility index (Phi) is 4.42. The van der Waals surface area contributed by atoms with Crippen LogP contribution in [0.25, 0.3) is 10.9 Å². The number of aryl methyl sites for hydroxylation is 1. The monoisotopic (exact) mass is 366 g/mol. The fourth-order valence-electron chi connectivity index (χ4n) is 2.83. The molecule has 2 aromatic carbocycles. The Hall–Kier alpha value is -2.73. The average Bonchev–Trinajstić information content (AvgIpc) is 2.65. The van der Waals surface area contributed by atoms with Crippen LogP contribution in [0, 0.1) is 6.92 Å². The van der Waals surface area contributed by atoms with Crippen LogP contribution in [-0.4, -0.2) is 24.2 Å². The lowest BCUT2D eigenvalue weighted by molar-refractivity contribution is -0.255. The van der Waals surface area contributed by atoms with E-state index < -0.39 is 5.97 Å². The van der Waals surface area contributed by atoms with E-state index in [1.165, 1.54) is 0 Å². The maximum absolute atomic E-state index is 10.8. The maximum Gasteiger partial charge on any atom is 0.163 e. The molecule has 0 aliphatic carbocycles. The van der Waals surface area contributed by atoms with E-state index in [0.29, 0.717) is 19.0 Å². The summed E-state index contributed by atoms with van der Waals surface area (Å²) in [5, 5.41) is 12.8. The lowest BCUT2D eigenvalue weighted by Gasteiger charge is -2.19. The SMILES string of the molecule is Cc1cc2cc3c(cc2nc1SCc1ccc(C(=O)[O-])cc1)OCCO3. The Morgan fingerprint density at radius 2 is 1.81 bits per heavy atom. The van der Waals surface area contributed by atoms with Crippen LogP contribution in [0.4, 0.5) is 0 Å². The number of hydrogen-bond donors (Lipinski definition) is 0. The van der Waals surface area contributed by atoms with E-state index in [2.05, 4.69) is 6.07 Å². The highest BCUT2D eigenvalue weighted by molar-refractivity contribution is 7.98. The van der Waals surface area contributed by atoms with Gasteiger partial charge in [-0.1, -0.05) is 24.3 Å². The number of thioether (sulfide) groups is 1. The summed E-state index contributed by atoms with van der Waals surface area (Å²) in [6, 6.07) is 12.7. The van der Waals surface area contributed by atoms with Crippen LogP contribution in [0.2, 0.25) is 0 Å². The minimum Gasteiger partial charge on any atom is -0.545 e. The number of nitrogens with zero attached hydrogens (tertiary/aromatic N) is 1. The maximum atomic E-state index is 10.8. The molecule has 0 saturated carbocycles. The summed E-state index contributed by atoms with van der Waals surface area (Å²) in [6.07, 6.45) is 0. The number of benzene rings is 2. The van der Waals surface area contributed by atoms with Crippen LogP contribution < -0.4 is 14.6 Å². The molecule has 0 spiro atoms. The number of carboxylic acids is 1. The number of carboxylic acid groups (broad SMARTS) is 1. The smallest absolute Gasteiger partial charge is 0.163 e. The van der Waals surface area contributed by atoms with Crippen LogP contribution in [-0.2, 0) is 5.75 Å². The van der Waals surface area contributed by atoms with Gasteiger partial charge in [-0.25, -0.2) is 4.98 Å². The number of pyridine rings is 1. The zero-order valence-electron chi connectivity index (χ0n) is 14.2. The number of fused-ring (bicyclic) bond motifs is 2. The lowest BCUT2D eigenvalue weighted by atomic mass is 10.1. The molecule has 5 nitrogen and oxygen atoms in total. The van der Waals surface area contributed by atoms with Gasteiger partial charge >= 0.3 is 0 Å². The van der Waals surface area contributed by atoms with E-state index in [1.54, 1.807) is 36.0 Å². The second-order valence-electron chi connectivity index (χ2n) is 6.07. The molecule has 0 amide bonds. The molecule has 0 N–H and O–H groups in total. The topological polar surface area (TPSA) is 71.5 Å². The molecule has 1 aromatic heterocycles. The molecule has 132 valence electrons. The fourth-order valence-corrected chi connectivity index (χ4v) is 3.78. The molecule has 2 heterocycles. The highest BCUT2D eigenvalue weighted by Gasteiger charge is 2.14. The zero-order valence-corrected chi connectivity index (χ0v) is 15.0. The van der Waals surface area contributed by atoms with Gasteiger partial charge in [-0.15, -0.1) is 11.8 Å². The predicted molar refractivity (Wildman–Crippen MR) is 97.8 cm³/mol. The van der Waals surface area contributed by atoms with E-state index in [4.69, 9.17) is 14.5 Å². The molecule has 1 aliphatic rings. The highest BCUT2D eigenvalue weighted by atomic mass is 32.2. The molecular formula is C20H16NO4S-. The average molecular weight is 366 g/mol. The van der Waals surface area contributed by atoms with Crippen molar-refractivity contribution in [1.29, 1.82) is 0 Å². The molecular weight excluding hydrogens is 350 g/mol. The first-order valence-corrected chi connectivity index (χ1v) is 9.23. The predicted octanol–water partition coefficient (Wildman–Crippen LogP) is 2.97. The lowest BCUT2D eigenvalue weighted by Crippen LogP contribution is -2.21. The minimum atomic E-state index is -1.16. The van der Waals surface area contributed by atoms with Crippen molar-refractivity contribution < 1.29 is 19.4 Å². The Balaban J connectivity index is 1.57. The van der Waals surface area contributed by atoms with E-state index >= 15 is 0 Å². The Morgan fingerprint density at radius 3 is 2.50 bits per heavy atom. The number of carbonyl (C=O) groups excluding carboxylic acids is 1. The van der Waals surface area contributed by atoms with Gasteiger partial charge in [0.2, 0.25) is 0 Å². The number of rotatable bonds is 4. The molecule has 0 bridgehead atoms. The van der Waals surface area contributed by atoms with Crippen molar-refractivity contribution in [3.05, 3.63) is 59.2 Å². The third-order valence-electron chi connectivity index (χ3n) is 4.19. The van der Waals surface area contributed by atoms with Crippen LogP contribution in [0.15, 0.2) is 47.5 Å². The van der Waals surface area contributed by atoms with Crippen molar-refractivity contribution in [3.63, 3.8) is 0 Å². The number of carbonyl (C=O) groups is 1. The fraction of sp³-hybridized carbons (Fsp3) is 0.200. The first-order valence-electron chi connectivity index (χ1n) is 8.24. The first-order chi connectivity index (χ1) is 12.6. The zero-order chi connectivity index (χ0) is 18.1. The highest BCUT2D eigenvalue weighted by Crippen LogP contribution is 2.36. The summed E-state index contributed by atoms with van der Waals surface area (Å²) in [7, 11) is 0. The van der Waals surface area contributed by atoms with E-state index in [-0.39, 0.29) is 5.56 Å². The summed E-state index contributed by atoms with van der Waals surface area (Å²) in [6.45, 7) is 3.15. The standard InChI is InChI=1S/C20H17NO4S/c1-12-8-15-9-17-18(25-7-6-24-17)10-16(15)21-19(12)26-11-13-2-4-14(5-3-13)20(22)23/h2-5,8-10H,6-7,11H2,1H3,(H,22,23)/p-1. The summed E-state index contributed by atoms with van der Waals surface area (Å²) < 4.78 is 11.3. The van der Waals surface area contributed by atoms with Gasteiger partial charge in [-0.05, 0) is 35.7 Å². The molecule has 0 saturated heterocycles. The molecule has 0 radical (unpaired) electrons. The molecule has 0 unspecified atom stereocenters. The third kappa shape index (κ3) is 3.32. The minimum absolute atomic E-state index is 0.186. The number of hydrogen-bond acceptors (Lipinski definition) is 6. The molecule has 26 heavy (non-hydrogen) atoms. The number of aromatic carboxylic acids is 1. The van der Waals surface area contributed by atoms with Gasteiger partial charge < -0.3 is 19.4 Å². The van der Waals surface area contributed by atoms with Crippen molar-refractivity contribution in [2.45, 2.75) is 17.7 Å². The van der Waals surface area contributed by atoms with Crippen molar-refractivity contribution in [2.24, 2.45) is 0 Å². The van der Waals surface area contributed by atoms with Crippen LogP contribution in [0.5, 0.6) is 11.5 Å². The summed E-state index contributed by atoms with van der Waals surface area (Å²) >= 11 is 1.62. The molecule has 6 heteroatoms. The summed E-state index contributed by atoms with van der Waals surface area (Å²) in [4.78, 5) is 15.6. The van der Waals surface area contributed by atoms with Crippen LogP contribution in [0.1, 0.15) is 21.5 Å². The number of aromatic nitrogens is 1. The van der Waals surface area contributed by atoms with Gasteiger partial charge in [-0.2, -0.15) is 0 Å². The third-order valence-corrected chi connectivity index (χ3v) is 5.35. The van der Waals surface area contributed by atoms with Gasteiger partial charge in [0.1, 0.15) is 13.2 Å². The normalized spacial score (nSPS) is 13.0. The second-order valence-corrected chi connectivity index (χ2v) is 7.04. The Labute approximate surface area is 155 Å². The van der Waals surface area contributed by atoms with Crippen LogP contribution in [0.3, 0.4) is 0 Å². The molecule has 4 rings (SSSR count). The second kappa shape index (κ2) is 6.88. The van der Waals surface area contributed by atoms with Crippen molar-refractivity contribution in [2.75, 3.05) is 13.2 Å². The summed E-state index contributed by atoms with van der Waals surface area (Å²) in [5.41, 5.74) is 3.18. The Bertz CT molecular complexity index is 985. The molecule has 1 aliphatic heterocycles. The van der Waals surface area contributed by atoms with Gasteiger partial charge in [0, 0.05) is 17.2 Å². The largest absolute Gasteiger partial charge is 0.545 e. The van der Waals surface area contributed by atoms with Crippen molar-refractivity contribution in [3.8, 4) is 11.5 Å². The van der Waals surface area contributed by atoms with E-state index in [1.807, 2.05) is 19.1 Å². The van der Waals surface area contributed by atoms with Gasteiger partial charge in [0.15, 0.2) is 11.5 Å². The first kappa shape index (κ1) is 16.7. The van der Waals surface area contributed by atoms with E-state index in [0.717, 1.165) is 38.6 Å². The van der Waals surface area contributed by atoms with Gasteiger partial charge in [0.05, 0.1) is 16.5 Å². The number of ether oxygens (including phenoxy) is 2. The molecule has 0 fully saturated rings.